The molecule has 0 spiro atoms. The number of halogens is 2. The Bertz CT molecular complexity index is 949. The third-order valence-corrected chi connectivity index (χ3v) is 5.74. The first-order valence-corrected chi connectivity index (χ1v) is 9.67. The Balaban J connectivity index is 0.00000225. The first kappa shape index (κ1) is 26.6. The van der Waals surface area contributed by atoms with Crippen molar-refractivity contribution in [2.75, 3.05) is 0 Å². The summed E-state index contributed by atoms with van der Waals surface area (Å²) >= 11 is 0. The van der Waals surface area contributed by atoms with Crippen LogP contribution in [0.4, 0.5) is 0 Å². The van der Waals surface area contributed by atoms with Gasteiger partial charge >= 0.3 is 26.2 Å². The molecule has 0 saturated carbocycles. The average Bonchev–Trinajstić information content (AvgIpc) is 3.02. The van der Waals surface area contributed by atoms with Crippen LogP contribution in [0.5, 0.6) is 0 Å². The molecule has 3 rings (SSSR count). The maximum Gasteiger partial charge on any atom is 2.00 e. The van der Waals surface area contributed by atoms with Crippen molar-refractivity contribution in [3.05, 3.63) is 74.2 Å². The number of aryl methyl sites for hydroxylation is 2. The van der Waals surface area contributed by atoms with E-state index in [-0.39, 0.29) is 55.9 Å². The van der Waals surface area contributed by atoms with Crippen LogP contribution in [0.25, 0.3) is 5.57 Å². The van der Waals surface area contributed by atoms with Crippen LogP contribution < -0.4 is 24.8 Å². The third-order valence-electron chi connectivity index (χ3n) is 4.70. The van der Waals surface area contributed by atoms with Crippen LogP contribution in [-0.4, -0.2) is 13.0 Å². The van der Waals surface area contributed by atoms with Crippen LogP contribution in [0.1, 0.15) is 44.4 Å². The molecule has 0 aromatic heterocycles. The van der Waals surface area contributed by atoms with Crippen LogP contribution in [0.2, 0.25) is 0 Å². The van der Waals surface area contributed by atoms with E-state index in [4.69, 9.17) is 0 Å². The van der Waals surface area contributed by atoms with Gasteiger partial charge in [0.15, 0.2) is 0 Å². The van der Waals surface area contributed by atoms with Crippen LogP contribution >= 0.6 is 0 Å². The van der Waals surface area contributed by atoms with E-state index in [2.05, 4.69) is 32.0 Å². The van der Waals surface area contributed by atoms with Crippen molar-refractivity contribution in [2.24, 2.45) is 0 Å². The van der Waals surface area contributed by atoms with Crippen LogP contribution in [0.15, 0.2) is 57.5 Å². The van der Waals surface area contributed by atoms with E-state index in [1.165, 1.54) is 11.1 Å². The zero-order valence-electron chi connectivity index (χ0n) is 15.7. The normalized spacial score (nSPS) is 15.4. The van der Waals surface area contributed by atoms with Gasteiger partial charge in [-0.05, 0) is 71.7 Å². The molecule has 2 aliphatic carbocycles. The molecule has 1 aromatic carbocycles. The van der Waals surface area contributed by atoms with Gasteiger partial charge in [-0.2, -0.15) is 8.42 Å². The van der Waals surface area contributed by atoms with Gasteiger partial charge in [-0.3, -0.25) is 4.55 Å². The van der Waals surface area contributed by atoms with Gasteiger partial charge in [0.25, 0.3) is 10.1 Å². The minimum atomic E-state index is -4.23. The van der Waals surface area contributed by atoms with Gasteiger partial charge < -0.3 is 24.8 Å². The number of hydrogen-bond donors (Lipinski definition) is 1. The molecule has 0 bridgehead atoms. The molecule has 27 heavy (non-hydrogen) atoms. The van der Waals surface area contributed by atoms with Crippen molar-refractivity contribution in [1.29, 1.82) is 0 Å². The summed E-state index contributed by atoms with van der Waals surface area (Å²) in [7, 11) is -4.23. The van der Waals surface area contributed by atoms with Gasteiger partial charge in [0.2, 0.25) is 0 Å². The largest absolute Gasteiger partial charge is 2.00 e. The number of allylic oxidation sites excluding steroid dienone is 7. The molecular weight excluding hydrogens is 482 g/mol. The molecule has 0 amide bonds. The van der Waals surface area contributed by atoms with E-state index in [1.807, 2.05) is 19.1 Å². The van der Waals surface area contributed by atoms with Gasteiger partial charge in [0, 0.05) is 5.57 Å². The number of benzene rings is 1. The summed E-state index contributed by atoms with van der Waals surface area (Å²) in [6.45, 7) is 7.89. The Morgan fingerprint density at radius 2 is 1.33 bits per heavy atom. The van der Waals surface area contributed by atoms with Crippen molar-refractivity contribution in [2.45, 2.75) is 40.5 Å². The summed E-state index contributed by atoms with van der Waals surface area (Å²) < 4.78 is 33.2. The standard InChI is InChI=1S/C20H22O3S.2ClH.Zr/c1-5-14-9-15(6-2)11-16(10-14)17-7-12(3)19-18(17)8-13(4)20(19)24(21,22)23;;;/h7-11H,5-6H2,1-4H3,(H,21,22,23);2*1H;/q;;;+2/p-2. The van der Waals surface area contributed by atoms with Gasteiger partial charge in [0.05, 0.1) is 0 Å². The maximum atomic E-state index is 11.8. The topological polar surface area (TPSA) is 54.4 Å². The quantitative estimate of drug-likeness (QED) is 0.516. The monoisotopic (exact) mass is 502 g/mol. The fourth-order valence-electron chi connectivity index (χ4n) is 3.54. The molecule has 144 valence electrons. The van der Waals surface area contributed by atoms with E-state index >= 15 is 0 Å². The first-order chi connectivity index (χ1) is 11.3. The third kappa shape index (κ3) is 4.94. The Morgan fingerprint density at radius 1 is 0.852 bits per heavy atom. The van der Waals surface area contributed by atoms with Gasteiger partial charge in [-0.1, -0.05) is 38.1 Å². The minimum absolute atomic E-state index is 0. The minimum Gasteiger partial charge on any atom is -1.00 e. The van der Waals surface area contributed by atoms with Gasteiger partial charge in [0.1, 0.15) is 4.91 Å². The molecule has 0 unspecified atom stereocenters. The van der Waals surface area contributed by atoms with Crippen molar-refractivity contribution in [3.8, 4) is 0 Å². The Hall–Kier alpha value is -0.447. The second-order valence-corrected chi connectivity index (χ2v) is 7.76. The fraction of sp³-hybridized carbons (Fsp3) is 0.300. The number of rotatable bonds is 4. The van der Waals surface area contributed by atoms with Gasteiger partial charge in [-0.25, -0.2) is 0 Å². The first-order valence-electron chi connectivity index (χ1n) is 8.23. The zero-order valence-corrected chi connectivity index (χ0v) is 20.5. The number of hydrogen-bond acceptors (Lipinski definition) is 2. The summed E-state index contributed by atoms with van der Waals surface area (Å²) in [6.07, 6.45) is 5.80. The molecule has 0 saturated heterocycles. The summed E-state index contributed by atoms with van der Waals surface area (Å²) in [5.74, 6) is 0. The number of fused-ring (bicyclic) bond motifs is 1. The van der Waals surface area contributed by atoms with E-state index in [1.54, 1.807) is 6.92 Å². The summed E-state index contributed by atoms with van der Waals surface area (Å²) in [4.78, 5) is 0.0450. The van der Waals surface area contributed by atoms with E-state index in [0.717, 1.165) is 35.1 Å². The molecule has 7 heteroatoms. The van der Waals surface area contributed by atoms with Crippen LogP contribution in [-0.2, 0) is 49.2 Å². The van der Waals surface area contributed by atoms with E-state index in [9.17, 15) is 13.0 Å². The van der Waals surface area contributed by atoms with E-state index in [0.29, 0.717) is 11.1 Å². The van der Waals surface area contributed by atoms with E-state index < -0.39 is 10.1 Å². The van der Waals surface area contributed by atoms with Crippen molar-refractivity contribution in [1.82, 2.24) is 0 Å². The second-order valence-electron chi connectivity index (χ2n) is 6.41. The SMILES string of the molecule is CCc1cc(CC)cc(C2=CC(C)=C3C2=CC(C)=C3S(=O)(=O)O)c1.[Cl-].[Cl-].[Zr+2]. The van der Waals surface area contributed by atoms with Crippen molar-refractivity contribution < 1.29 is 64.0 Å². The molecule has 0 aliphatic heterocycles. The molecule has 2 aliphatic rings. The zero-order chi connectivity index (χ0) is 17.6. The molecular formula is C20H22Cl2O3SZr. The predicted octanol–water partition coefficient (Wildman–Crippen LogP) is -1.37. The van der Waals surface area contributed by atoms with Gasteiger partial charge in [-0.15, -0.1) is 0 Å². The van der Waals surface area contributed by atoms with Crippen LogP contribution in [0.3, 0.4) is 0 Å². The molecule has 3 nitrogen and oxygen atoms in total. The second kappa shape index (κ2) is 9.85. The predicted molar refractivity (Wildman–Crippen MR) is 98.2 cm³/mol. The molecule has 0 radical (unpaired) electrons. The molecule has 1 aromatic rings. The molecule has 1 N–H and O–H groups in total. The summed E-state index contributed by atoms with van der Waals surface area (Å²) in [5, 5.41) is 0. The molecule has 0 heterocycles. The molecule has 0 fully saturated rings. The van der Waals surface area contributed by atoms with Crippen molar-refractivity contribution >= 4 is 15.7 Å². The summed E-state index contributed by atoms with van der Waals surface area (Å²) in [5.41, 5.74) is 7.69. The Morgan fingerprint density at radius 3 is 1.78 bits per heavy atom. The maximum absolute atomic E-state index is 11.8. The molecule has 0 atom stereocenters. The summed E-state index contributed by atoms with van der Waals surface area (Å²) in [6, 6.07) is 6.56. The smallest absolute Gasteiger partial charge is 1.00 e. The average molecular weight is 505 g/mol. The Labute approximate surface area is 193 Å². The van der Waals surface area contributed by atoms with Crippen molar-refractivity contribution in [3.63, 3.8) is 0 Å². The fourth-order valence-corrected chi connectivity index (χ4v) is 4.54. The Kier molecular flexibility index (Phi) is 9.68. The van der Waals surface area contributed by atoms with Crippen LogP contribution in [0, 0.1) is 0 Å².